The first-order valence-electron chi connectivity index (χ1n) is 8.36. The van der Waals surface area contributed by atoms with Gasteiger partial charge in [0, 0.05) is 18.0 Å². The molecule has 4 heterocycles. The fraction of sp³-hybridized carbons (Fsp3) is 0.824. The molecule has 1 unspecified atom stereocenters. The topological polar surface area (TPSA) is 29.5 Å². The number of esters is 1. The molecule has 4 bridgehead atoms. The van der Waals surface area contributed by atoms with E-state index >= 15 is 0 Å². The molecule has 1 spiro atoms. The van der Waals surface area contributed by atoms with E-state index in [4.69, 9.17) is 4.74 Å². The maximum absolute atomic E-state index is 12.0. The molecule has 0 aromatic carbocycles. The van der Waals surface area contributed by atoms with Crippen molar-refractivity contribution in [3.8, 4) is 0 Å². The van der Waals surface area contributed by atoms with Gasteiger partial charge in [-0.25, -0.2) is 4.79 Å². The average molecular weight is 275 g/mol. The Morgan fingerprint density at radius 2 is 2.20 bits per heavy atom. The summed E-state index contributed by atoms with van der Waals surface area (Å²) in [5.41, 5.74) is 0.894. The smallest absolute Gasteiger partial charge is 0.331 e. The summed E-state index contributed by atoms with van der Waals surface area (Å²) in [7, 11) is 0. The Morgan fingerprint density at radius 3 is 2.90 bits per heavy atom. The first-order valence-corrected chi connectivity index (χ1v) is 8.36. The zero-order valence-corrected chi connectivity index (χ0v) is 12.6. The van der Waals surface area contributed by atoms with Gasteiger partial charge in [-0.2, -0.15) is 0 Å². The SMILES string of the molecule is CC[C@H]1[C@H]2CCCCN3[C@H]2CC[C@@H]3[C@]12OC(=O)C=C2C. The fourth-order valence-electron chi connectivity index (χ4n) is 5.91. The van der Waals surface area contributed by atoms with Crippen LogP contribution in [0.25, 0.3) is 0 Å². The van der Waals surface area contributed by atoms with Gasteiger partial charge in [-0.1, -0.05) is 13.3 Å². The van der Waals surface area contributed by atoms with Crippen LogP contribution < -0.4 is 0 Å². The Labute approximate surface area is 121 Å². The number of ether oxygens (including phenoxy) is 1. The van der Waals surface area contributed by atoms with E-state index in [2.05, 4.69) is 18.7 Å². The van der Waals surface area contributed by atoms with E-state index < -0.39 is 0 Å². The molecule has 0 radical (unpaired) electrons. The Morgan fingerprint density at radius 1 is 1.35 bits per heavy atom. The minimum atomic E-state index is -0.298. The quantitative estimate of drug-likeness (QED) is 0.689. The van der Waals surface area contributed by atoms with Crippen LogP contribution in [0.15, 0.2) is 11.6 Å². The lowest BCUT2D eigenvalue weighted by atomic mass is 9.65. The van der Waals surface area contributed by atoms with Crippen molar-refractivity contribution in [2.75, 3.05) is 6.54 Å². The van der Waals surface area contributed by atoms with Gasteiger partial charge in [0.15, 0.2) is 5.60 Å². The van der Waals surface area contributed by atoms with Gasteiger partial charge in [0.25, 0.3) is 0 Å². The molecular formula is C17H25NO2. The van der Waals surface area contributed by atoms with Crippen molar-refractivity contribution < 1.29 is 9.53 Å². The van der Waals surface area contributed by atoms with Crippen molar-refractivity contribution in [3.63, 3.8) is 0 Å². The Balaban J connectivity index is 1.85. The van der Waals surface area contributed by atoms with Crippen LogP contribution in [-0.4, -0.2) is 35.1 Å². The second-order valence-corrected chi connectivity index (χ2v) is 7.11. The maximum Gasteiger partial charge on any atom is 0.331 e. The van der Waals surface area contributed by atoms with Gasteiger partial charge in [-0.15, -0.1) is 0 Å². The van der Waals surface area contributed by atoms with Crippen LogP contribution in [-0.2, 0) is 9.53 Å². The molecule has 0 aromatic heterocycles. The molecule has 6 atom stereocenters. The number of fused-ring (bicyclic) bond motifs is 1. The molecule has 0 saturated carbocycles. The molecule has 4 aliphatic heterocycles. The minimum Gasteiger partial charge on any atom is -0.449 e. The van der Waals surface area contributed by atoms with Crippen LogP contribution in [0.4, 0.5) is 0 Å². The molecule has 0 amide bonds. The van der Waals surface area contributed by atoms with E-state index in [1.807, 2.05) is 0 Å². The molecule has 4 aliphatic rings. The van der Waals surface area contributed by atoms with Crippen LogP contribution in [0.1, 0.15) is 52.4 Å². The molecule has 4 rings (SSSR count). The summed E-state index contributed by atoms with van der Waals surface area (Å²) in [6.45, 7) is 5.61. The highest BCUT2D eigenvalue weighted by Crippen LogP contribution is 2.57. The predicted octanol–water partition coefficient (Wildman–Crippen LogP) is 2.90. The molecule has 3 saturated heterocycles. The van der Waals surface area contributed by atoms with Gasteiger partial charge in [0.1, 0.15) is 0 Å². The van der Waals surface area contributed by atoms with Crippen molar-refractivity contribution in [2.45, 2.75) is 70.1 Å². The van der Waals surface area contributed by atoms with Gasteiger partial charge < -0.3 is 4.74 Å². The molecule has 3 nitrogen and oxygen atoms in total. The van der Waals surface area contributed by atoms with Crippen molar-refractivity contribution in [2.24, 2.45) is 11.8 Å². The van der Waals surface area contributed by atoms with E-state index in [1.54, 1.807) is 6.08 Å². The van der Waals surface area contributed by atoms with Gasteiger partial charge in [-0.05, 0) is 57.1 Å². The third kappa shape index (κ3) is 1.42. The summed E-state index contributed by atoms with van der Waals surface area (Å²) in [6.07, 6.45) is 9.37. The number of piperidine rings is 1. The van der Waals surface area contributed by atoms with Gasteiger partial charge >= 0.3 is 5.97 Å². The van der Waals surface area contributed by atoms with Gasteiger partial charge in [-0.3, -0.25) is 4.90 Å². The molecule has 0 aromatic rings. The summed E-state index contributed by atoms with van der Waals surface area (Å²) in [4.78, 5) is 14.7. The molecular weight excluding hydrogens is 250 g/mol. The Kier molecular flexibility index (Phi) is 2.79. The fourth-order valence-corrected chi connectivity index (χ4v) is 5.91. The molecule has 0 N–H and O–H groups in total. The van der Waals surface area contributed by atoms with Crippen molar-refractivity contribution in [3.05, 3.63) is 11.6 Å². The number of hydrogen-bond acceptors (Lipinski definition) is 3. The number of nitrogens with zero attached hydrogens (tertiary/aromatic N) is 1. The summed E-state index contributed by atoms with van der Waals surface area (Å²) in [6, 6.07) is 1.19. The zero-order chi connectivity index (χ0) is 13.9. The number of carbonyl (C=O) groups excluding carboxylic acids is 1. The largest absolute Gasteiger partial charge is 0.449 e. The summed E-state index contributed by atoms with van der Waals surface area (Å²) >= 11 is 0. The third-order valence-corrected chi connectivity index (χ3v) is 6.48. The highest BCUT2D eigenvalue weighted by Gasteiger charge is 2.64. The highest BCUT2D eigenvalue weighted by molar-refractivity contribution is 5.87. The lowest BCUT2D eigenvalue weighted by Gasteiger charge is -2.54. The maximum atomic E-state index is 12.0. The zero-order valence-electron chi connectivity index (χ0n) is 12.6. The summed E-state index contributed by atoms with van der Waals surface area (Å²) in [5, 5.41) is 0. The summed E-state index contributed by atoms with van der Waals surface area (Å²) in [5.74, 6) is 1.14. The van der Waals surface area contributed by atoms with Crippen LogP contribution in [0.2, 0.25) is 0 Å². The second kappa shape index (κ2) is 4.33. The summed E-state index contributed by atoms with van der Waals surface area (Å²) < 4.78 is 6.05. The highest BCUT2D eigenvalue weighted by atomic mass is 16.6. The normalized spacial score (nSPS) is 50.0. The van der Waals surface area contributed by atoms with Crippen molar-refractivity contribution in [1.82, 2.24) is 4.90 Å². The minimum absolute atomic E-state index is 0.107. The number of rotatable bonds is 1. The predicted molar refractivity (Wildman–Crippen MR) is 77.2 cm³/mol. The van der Waals surface area contributed by atoms with Crippen LogP contribution >= 0.6 is 0 Å². The molecule has 3 heteroatoms. The van der Waals surface area contributed by atoms with Gasteiger partial charge in [0.2, 0.25) is 0 Å². The van der Waals surface area contributed by atoms with Gasteiger partial charge in [0.05, 0.1) is 6.04 Å². The van der Waals surface area contributed by atoms with Crippen LogP contribution in [0.3, 0.4) is 0 Å². The van der Waals surface area contributed by atoms with E-state index in [9.17, 15) is 4.79 Å². The lowest BCUT2D eigenvalue weighted by Crippen LogP contribution is -2.64. The third-order valence-electron chi connectivity index (χ3n) is 6.48. The monoisotopic (exact) mass is 275 g/mol. The van der Waals surface area contributed by atoms with Crippen LogP contribution in [0, 0.1) is 11.8 Å². The lowest BCUT2D eigenvalue weighted by molar-refractivity contribution is -0.171. The second-order valence-electron chi connectivity index (χ2n) is 7.11. The molecule has 0 aliphatic carbocycles. The Hall–Kier alpha value is -0.830. The first-order chi connectivity index (χ1) is 9.68. The van der Waals surface area contributed by atoms with Crippen LogP contribution in [0.5, 0.6) is 0 Å². The molecule has 3 fully saturated rings. The molecule has 20 heavy (non-hydrogen) atoms. The van der Waals surface area contributed by atoms with Crippen molar-refractivity contribution >= 4 is 5.97 Å². The average Bonchev–Trinajstić information content (AvgIpc) is 2.85. The number of carbonyl (C=O) groups is 1. The van der Waals surface area contributed by atoms with Crippen molar-refractivity contribution in [1.29, 1.82) is 0 Å². The number of hydrogen-bond donors (Lipinski definition) is 0. The standard InChI is InChI=1S/C17H25NO2/c1-3-13-12-6-4-5-9-18-14(12)7-8-15(18)17(13)11(2)10-16(19)20-17/h10,12-15H,3-9H2,1-2H3/t12-,13+,14+,15-,17-/m1/s1. The van der Waals surface area contributed by atoms with E-state index in [-0.39, 0.29) is 11.6 Å². The van der Waals surface area contributed by atoms with E-state index in [0.717, 1.165) is 18.4 Å². The molecule has 110 valence electrons. The van der Waals surface area contributed by atoms with E-state index in [0.29, 0.717) is 12.0 Å². The Bertz CT molecular complexity index is 472. The van der Waals surface area contributed by atoms with E-state index in [1.165, 1.54) is 44.2 Å². The first kappa shape index (κ1) is 12.9.